The Morgan fingerprint density at radius 2 is 1.69 bits per heavy atom. The zero-order valence-electron chi connectivity index (χ0n) is 37.0. The van der Waals surface area contributed by atoms with Crippen LogP contribution < -0.4 is 20.4 Å². The summed E-state index contributed by atoms with van der Waals surface area (Å²) in [5, 5.41) is 25.8. The lowest BCUT2D eigenvalue weighted by Gasteiger charge is -2.35. The van der Waals surface area contributed by atoms with E-state index in [9.17, 15) is 42.7 Å². The van der Waals surface area contributed by atoms with Crippen LogP contribution in [0.3, 0.4) is 0 Å². The molecule has 3 aliphatic rings. The van der Waals surface area contributed by atoms with Crippen LogP contribution in [0.5, 0.6) is 0 Å². The molecule has 4 aromatic rings. The van der Waals surface area contributed by atoms with Gasteiger partial charge in [-0.3, -0.25) is 24.1 Å². The molecule has 3 fully saturated rings. The maximum Gasteiger partial charge on any atom is 0.417 e. The Bertz CT molecular complexity index is 2530. The van der Waals surface area contributed by atoms with Crippen molar-refractivity contribution in [3.05, 3.63) is 100 Å². The summed E-state index contributed by atoms with van der Waals surface area (Å²) in [4.78, 5) is 64.6. The number of nitrogens with one attached hydrogen (secondary N) is 2. The van der Waals surface area contributed by atoms with Gasteiger partial charge in [-0.2, -0.15) is 18.4 Å². The number of benzene rings is 3. The van der Waals surface area contributed by atoms with Crippen LogP contribution in [0.2, 0.25) is 0 Å². The maximum absolute atomic E-state index is 14.2. The van der Waals surface area contributed by atoms with Crippen molar-refractivity contribution in [2.24, 2.45) is 11.3 Å². The third-order valence-corrected chi connectivity index (χ3v) is 14.0. The molecule has 2 saturated heterocycles. The van der Waals surface area contributed by atoms with Crippen molar-refractivity contribution >= 4 is 63.7 Å². The molecule has 3 heterocycles. The molecule has 1 aromatic heterocycles. The lowest BCUT2D eigenvalue weighted by Crippen LogP contribution is -2.57. The second kappa shape index (κ2) is 18.3. The van der Waals surface area contributed by atoms with Gasteiger partial charge in [0.2, 0.25) is 17.7 Å². The number of β-amino-alcohol motifs (C(OH)–C–C–N with tert-alkyl or cyclic N) is 1. The zero-order valence-corrected chi connectivity index (χ0v) is 38.7. The summed E-state index contributed by atoms with van der Waals surface area (Å²) in [7, 11) is 0. The number of likely N-dealkylation sites (tertiary alicyclic amines) is 1. The Morgan fingerprint density at radius 3 is 2.31 bits per heavy atom. The van der Waals surface area contributed by atoms with Crippen LogP contribution in [0.25, 0.3) is 10.4 Å². The fraction of sp³-hybridized carbons (Fsp3) is 0.438. The Balaban J connectivity index is 0.956. The van der Waals surface area contributed by atoms with Crippen molar-refractivity contribution in [2.45, 2.75) is 116 Å². The van der Waals surface area contributed by atoms with Gasteiger partial charge >= 0.3 is 6.18 Å². The molecule has 2 unspecified atom stereocenters. The van der Waals surface area contributed by atoms with E-state index in [0.29, 0.717) is 5.69 Å². The van der Waals surface area contributed by atoms with Crippen molar-refractivity contribution in [3.8, 4) is 16.5 Å². The van der Waals surface area contributed by atoms with E-state index in [4.69, 9.17) is 12.2 Å². The number of alkyl halides is 3. The van der Waals surface area contributed by atoms with Crippen LogP contribution in [0.15, 0.2) is 72.2 Å². The van der Waals surface area contributed by atoms with Gasteiger partial charge in [-0.05, 0) is 117 Å². The predicted octanol–water partition coefficient (Wildman–Crippen LogP) is 8.01. The number of carbonyl (C=O) groups excluding carboxylic acids is 4. The topological polar surface area (TPSA) is 159 Å². The first-order valence-electron chi connectivity index (χ1n) is 21.5. The van der Waals surface area contributed by atoms with E-state index in [1.807, 2.05) is 76.2 Å². The standard InChI is InChI=1S/C48H52F3N7O5S2/c1-27-40(65-26-54-27)31-10-7-28(8-11-31)24-53-42(61)38-22-36(59)25-56(38)43(62)41(46(2,3)4)55-39(60)20-29-9-12-32(19-29)30-13-16-34(17-14-30)58-45(64)57(44(63)47(58,5)6)35-18-15-33(23-52)37(21-35)48(49,50)51/h7-8,10-11,13-18,21,26,29,32,36,38,41,59H,9,12,19-20,22,24-25H2,1-6H3,(H,53,61)(H,55,60)/t29?,32?,36-,38+,41-/m1/s1. The normalized spacial score (nSPS) is 21.4. The number of aromatic nitrogens is 1. The first-order chi connectivity index (χ1) is 30.6. The molecule has 0 radical (unpaired) electrons. The number of halogens is 3. The highest BCUT2D eigenvalue weighted by atomic mass is 32.1. The minimum absolute atomic E-state index is 0.00419. The molecule has 1 aliphatic carbocycles. The number of anilines is 2. The molecule has 0 spiro atoms. The fourth-order valence-electron chi connectivity index (χ4n) is 9.18. The lowest BCUT2D eigenvalue weighted by molar-refractivity contribution is -0.144. The van der Waals surface area contributed by atoms with Crippen LogP contribution in [0, 0.1) is 29.6 Å². The minimum Gasteiger partial charge on any atom is -0.391 e. The number of aliphatic hydroxyl groups excluding tert-OH is 1. The minimum atomic E-state index is -4.81. The van der Waals surface area contributed by atoms with Crippen LogP contribution in [-0.4, -0.2) is 74.0 Å². The SMILES string of the molecule is Cc1ncsc1-c1ccc(CNC(=O)[C@@H]2C[C@@H](O)CN2C(=O)[C@@H](NC(=O)CC2CCC(c3ccc(N4C(=S)N(c5ccc(C#N)c(C(F)(F)F)c5)C(=O)C4(C)C)cc3)C2)C(C)(C)C)cc1. The van der Waals surface area contributed by atoms with Gasteiger partial charge in [-0.25, -0.2) is 4.98 Å². The molecule has 2 aliphatic heterocycles. The molecule has 7 rings (SSSR count). The molecule has 12 nitrogen and oxygen atoms in total. The molecule has 65 heavy (non-hydrogen) atoms. The largest absolute Gasteiger partial charge is 0.417 e. The monoisotopic (exact) mass is 927 g/mol. The van der Waals surface area contributed by atoms with E-state index in [-0.39, 0.29) is 60.4 Å². The molecular formula is C48H52F3N7O5S2. The van der Waals surface area contributed by atoms with E-state index >= 15 is 0 Å². The average Bonchev–Trinajstić information content (AvgIpc) is 4.04. The highest BCUT2D eigenvalue weighted by Gasteiger charge is 2.51. The molecule has 1 saturated carbocycles. The highest BCUT2D eigenvalue weighted by molar-refractivity contribution is 7.81. The summed E-state index contributed by atoms with van der Waals surface area (Å²) < 4.78 is 41.4. The fourth-order valence-corrected chi connectivity index (χ4v) is 10.5. The number of thiocarbonyl (C=S) groups is 1. The third kappa shape index (κ3) is 9.80. The van der Waals surface area contributed by atoms with Gasteiger partial charge in [0, 0.05) is 31.6 Å². The van der Waals surface area contributed by atoms with Crippen LogP contribution in [0.1, 0.15) is 101 Å². The molecule has 17 heteroatoms. The van der Waals surface area contributed by atoms with Gasteiger partial charge in [0.05, 0.1) is 45.1 Å². The van der Waals surface area contributed by atoms with Crippen LogP contribution in [0.4, 0.5) is 24.5 Å². The van der Waals surface area contributed by atoms with Crippen molar-refractivity contribution in [1.82, 2.24) is 20.5 Å². The zero-order chi connectivity index (χ0) is 47.2. The number of nitrogens with zero attached hydrogens (tertiary/aromatic N) is 5. The summed E-state index contributed by atoms with van der Waals surface area (Å²) in [6, 6.07) is 18.1. The third-order valence-electron chi connectivity index (χ3n) is 12.7. The smallest absolute Gasteiger partial charge is 0.391 e. The first-order valence-corrected chi connectivity index (χ1v) is 22.8. The molecule has 3 aromatic carbocycles. The molecule has 3 N–H and O–H groups in total. The van der Waals surface area contributed by atoms with E-state index < -0.39 is 58.3 Å². The van der Waals surface area contributed by atoms with Crippen LogP contribution >= 0.6 is 23.6 Å². The number of aliphatic hydroxyl groups is 1. The summed E-state index contributed by atoms with van der Waals surface area (Å²) in [5.41, 5.74) is 2.52. The summed E-state index contributed by atoms with van der Waals surface area (Å²) in [6.45, 7) is 11.0. The van der Waals surface area contributed by atoms with E-state index in [1.54, 1.807) is 41.7 Å². The number of hydrogen-bond acceptors (Lipinski definition) is 9. The van der Waals surface area contributed by atoms with Crippen LogP contribution in [-0.2, 0) is 31.9 Å². The van der Waals surface area contributed by atoms with Crippen molar-refractivity contribution in [1.29, 1.82) is 5.26 Å². The number of amides is 4. The van der Waals surface area contributed by atoms with E-state index in [1.165, 1.54) is 11.0 Å². The Hall–Kier alpha value is -5.70. The first kappa shape index (κ1) is 47.3. The van der Waals surface area contributed by atoms with Gasteiger partial charge < -0.3 is 25.5 Å². The van der Waals surface area contributed by atoms with Gasteiger partial charge in [-0.1, -0.05) is 57.2 Å². The number of carbonyl (C=O) groups is 4. The van der Waals surface area contributed by atoms with E-state index in [2.05, 4.69) is 15.6 Å². The van der Waals surface area contributed by atoms with Gasteiger partial charge in [0.15, 0.2) is 5.11 Å². The average molecular weight is 928 g/mol. The van der Waals surface area contributed by atoms with Gasteiger partial charge in [0.1, 0.15) is 17.6 Å². The van der Waals surface area contributed by atoms with Crippen molar-refractivity contribution < 1.29 is 37.5 Å². The Morgan fingerprint density at radius 1 is 1.02 bits per heavy atom. The molecule has 4 amide bonds. The second-order valence-electron chi connectivity index (χ2n) is 18.8. The quantitative estimate of drug-likeness (QED) is 0.127. The predicted molar refractivity (Wildman–Crippen MR) is 246 cm³/mol. The van der Waals surface area contributed by atoms with Gasteiger partial charge in [0.25, 0.3) is 5.91 Å². The second-order valence-corrected chi connectivity index (χ2v) is 20.0. The Kier molecular flexibility index (Phi) is 13.3. The molecule has 342 valence electrons. The number of hydrogen-bond donors (Lipinski definition) is 3. The summed E-state index contributed by atoms with van der Waals surface area (Å²) >= 11 is 7.26. The number of thiazole rings is 1. The van der Waals surface area contributed by atoms with Gasteiger partial charge in [-0.15, -0.1) is 11.3 Å². The van der Waals surface area contributed by atoms with Crippen molar-refractivity contribution in [3.63, 3.8) is 0 Å². The number of aryl methyl sites for hydroxylation is 1. The maximum atomic E-state index is 14.2. The van der Waals surface area contributed by atoms with Crippen molar-refractivity contribution in [2.75, 3.05) is 16.3 Å². The lowest BCUT2D eigenvalue weighted by atomic mass is 9.85. The summed E-state index contributed by atoms with van der Waals surface area (Å²) in [6.07, 6.45) is -3.11. The van der Waals surface area contributed by atoms with E-state index in [0.717, 1.165) is 63.6 Å². The number of rotatable bonds is 11. The summed E-state index contributed by atoms with van der Waals surface area (Å²) in [5.74, 6) is -1.44. The highest BCUT2D eigenvalue weighted by Crippen LogP contribution is 2.43. The molecule has 0 bridgehead atoms. The molecule has 5 atom stereocenters. The Labute approximate surface area is 385 Å². The number of nitriles is 1. The molecular weight excluding hydrogens is 876 g/mol.